The molecule has 2 heterocycles. The summed E-state index contributed by atoms with van der Waals surface area (Å²) in [6.45, 7) is 4.10. The van der Waals surface area contributed by atoms with Crippen molar-refractivity contribution in [1.29, 1.82) is 0 Å². The number of hydrogen-bond donors (Lipinski definition) is 1. The number of ether oxygens (including phenoxy) is 1. The highest BCUT2D eigenvalue weighted by molar-refractivity contribution is 5.18. The van der Waals surface area contributed by atoms with Crippen LogP contribution in [-0.2, 0) is 0 Å². The summed E-state index contributed by atoms with van der Waals surface area (Å²) in [4.78, 5) is 4.18. The van der Waals surface area contributed by atoms with E-state index in [9.17, 15) is 0 Å². The predicted octanol–water partition coefficient (Wildman–Crippen LogP) is 1.52. The van der Waals surface area contributed by atoms with Crippen LogP contribution in [0.25, 0.3) is 0 Å². The SMILES string of the molecule is Cc1ccnc(O[C@H]2CCCNC2)c1. The smallest absolute Gasteiger partial charge is 0.213 e. The van der Waals surface area contributed by atoms with Gasteiger partial charge in [0.1, 0.15) is 6.10 Å². The summed E-state index contributed by atoms with van der Waals surface area (Å²) >= 11 is 0. The van der Waals surface area contributed by atoms with Gasteiger partial charge in [-0.3, -0.25) is 0 Å². The van der Waals surface area contributed by atoms with Crippen LogP contribution in [-0.4, -0.2) is 24.2 Å². The van der Waals surface area contributed by atoms with Crippen LogP contribution in [0.3, 0.4) is 0 Å². The largest absolute Gasteiger partial charge is 0.473 e. The molecule has 3 nitrogen and oxygen atoms in total. The van der Waals surface area contributed by atoms with Crippen LogP contribution in [0.1, 0.15) is 18.4 Å². The molecule has 1 saturated heterocycles. The first kappa shape index (κ1) is 9.46. The summed E-state index contributed by atoms with van der Waals surface area (Å²) in [5.41, 5.74) is 1.19. The monoisotopic (exact) mass is 192 g/mol. The average Bonchev–Trinajstić information content (AvgIpc) is 2.19. The number of nitrogens with zero attached hydrogens (tertiary/aromatic N) is 1. The van der Waals surface area contributed by atoms with Crippen molar-refractivity contribution in [2.24, 2.45) is 0 Å². The standard InChI is InChI=1S/C11H16N2O/c1-9-4-6-13-11(7-9)14-10-3-2-5-12-8-10/h4,6-7,10,12H,2-3,5,8H2,1H3/t10-/m0/s1. The lowest BCUT2D eigenvalue weighted by Crippen LogP contribution is -2.37. The molecule has 1 N–H and O–H groups in total. The van der Waals surface area contributed by atoms with E-state index in [4.69, 9.17) is 4.74 Å². The Morgan fingerprint density at radius 2 is 2.50 bits per heavy atom. The Bertz CT molecular complexity index is 295. The molecule has 1 atom stereocenters. The third-order valence-corrected chi connectivity index (χ3v) is 2.43. The highest BCUT2D eigenvalue weighted by atomic mass is 16.5. The van der Waals surface area contributed by atoms with Crippen LogP contribution >= 0.6 is 0 Å². The summed E-state index contributed by atoms with van der Waals surface area (Å²) in [6.07, 6.45) is 4.40. The van der Waals surface area contributed by atoms with Crippen LogP contribution in [0.5, 0.6) is 5.88 Å². The summed E-state index contributed by atoms with van der Waals surface area (Å²) in [7, 11) is 0. The lowest BCUT2D eigenvalue weighted by Gasteiger charge is -2.23. The molecular weight excluding hydrogens is 176 g/mol. The first-order valence-electron chi connectivity index (χ1n) is 5.14. The second kappa shape index (κ2) is 4.42. The molecule has 1 fully saturated rings. The van der Waals surface area contributed by atoms with Crippen molar-refractivity contribution in [3.63, 3.8) is 0 Å². The van der Waals surface area contributed by atoms with E-state index >= 15 is 0 Å². The van der Waals surface area contributed by atoms with Crippen LogP contribution in [0.2, 0.25) is 0 Å². The van der Waals surface area contributed by atoms with Crippen LogP contribution < -0.4 is 10.1 Å². The van der Waals surface area contributed by atoms with Gasteiger partial charge < -0.3 is 10.1 Å². The minimum absolute atomic E-state index is 0.290. The Kier molecular flexibility index (Phi) is 2.99. The molecule has 14 heavy (non-hydrogen) atoms. The molecule has 0 aliphatic carbocycles. The number of piperidine rings is 1. The summed E-state index contributed by atoms with van der Waals surface area (Å²) < 4.78 is 5.76. The van der Waals surface area contributed by atoms with E-state index in [1.54, 1.807) is 6.20 Å². The third-order valence-electron chi connectivity index (χ3n) is 2.43. The lowest BCUT2D eigenvalue weighted by molar-refractivity contribution is 0.160. The second-order valence-electron chi connectivity index (χ2n) is 3.76. The van der Waals surface area contributed by atoms with Gasteiger partial charge in [-0.2, -0.15) is 0 Å². The topological polar surface area (TPSA) is 34.1 Å². The van der Waals surface area contributed by atoms with Crippen molar-refractivity contribution >= 4 is 0 Å². The Balaban J connectivity index is 1.95. The molecule has 0 unspecified atom stereocenters. The number of aryl methyl sites for hydroxylation is 1. The fourth-order valence-electron chi connectivity index (χ4n) is 1.66. The zero-order valence-electron chi connectivity index (χ0n) is 8.49. The molecule has 0 amide bonds. The molecule has 0 spiro atoms. The molecule has 2 rings (SSSR count). The second-order valence-corrected chi connectivity index (χ2v) is 3.76. The number of nitrogens with one attached hydrogen (secondary N) is 1. The Hall–Kier alpha value is -1.09. The van der Waals surface area contributed by atoms with Crippen molar-refractivity contribution in [3.05, 3.63) is 23.9 Å². The van der Waals surface area contributed by atoms with E-state index in [1.807, 2.05) is 19.1 Å². The molecule has 1 aliphatic rings. The summed E-state index contributed by atoms with van der Waals surface area (Å²) in [6, 6.07) is 3.96. The minimum atomic E-state index is 0.290. The average molecular weight is 192 g/mol. The fourth-order valence-corrected chi connectivity index (χ4v) is 1.66. The maximum atomic E-state index is 5.76. The molecule has 1 aromatic heterocycles. The molecule has 0 radical (unpaired) electrons. The molecule has 0 bridgehead atoms. The van der Waals surface area contributed by atoms with Gasteiger partial charge >= 0.3 is 0 Å². The number of aromatic nitrogens is 1. The van der Waals surface area contributed by atoms with Gasteiger partial charge in [0.15, 0.2) is 0 Å². The van der Waals surface area contributed by atoms with Gasteiger partial charge in [0, 0.05) is 18.8 Å². The lowest BCUT2D eigenvalue weighted by atomic mass is 10.1. The highest BCUT2D eigenvalue weighted by Gasteiger charge is 2.14. The number of rotatable bonds is 2. The molecule has 0 saturated carbocycles. The first-order valence-corrected chi connectivity index (χ1v) is 5.14. The Morgan fingerprint density at radius 3 is 3.21 bits per heavy atom. The van der Waals surface area contributed by atoms with Crippen LogP contribution in [0.15, 0.2) is 18.3 Å². The van der Waals surface area contributed by atoms with E-state index in [0.717, 1.165) is 25.4 Å². The van der Waals surface area contributed by atoms with Crippen molar-refractivity contribution in [3.8, 4) is 5.88 Å². The zero-order chi connectivity index (χ0) is 9.80. The predicted molar refractivity (Wildman–Crippen MR) is 55.5 cm³/mol. The molecule has 76 valence electrons. The summed E-state index contributed by atoms with van der Waals surface area (Å²) in [5.74, 6) is 0.749. The first-order chi connectivity index (χ1) is 6.84. The van der Waals surface area contributed by atoms with E-state index in [0.29, 0.717) is 0 Å². The van der Waals surface area contributed by atoms with Crippen LogP contribution in [0, 0.1) is 6.92 Å². The van der Waals surface area contributed by atoms with E-state index in [-0.39, 0.29) is 6.10 Å². The maximum Gasteiger partial charge on any atom is 0.213 e. The minimum Gasteiger partial charge on any atom is -0.473 e. The van der Waals surface area contributed by atoms with Crippen LogP contribution in [0.4, 0.5) is 0 Å². The van der Waals surface area contributed by atoms with Gasteiger partial charge in [-0.15, -0.1) is 0 Å². The van der Waals surface area contributed by atoms with Gasteiger partial charge in [0.2, 0.25) is 5.88 Å². The number of pyridine rings is 1. The molecular formula is C11H16N2O. The van der Waals surface area contributed by atoms with E-state index in [1.165, 1.54) is 12.0 Å². The van der Waals surface area contributed by atoms with Gasteiger partial charge in [0.05, 0.1) is 0 Å². The molecule has 1 aromatic rings. The molecule has 1 aliphatic heterocycles. The number of hydrogen-bond acceptors (Lipinski definition) is 3. The molecule has 3 heteroatoms. The van der Waals surface area contributed by atoms with Crippen molar-refractivity contribution in [1.82, 2.24) is 10.3 Å². The fraction of sp³-hybridized carbons (Fsp3) is 0.545. The van der Waals surface area contributed by atoms with Gasteiger partial charge in [-0.1, -0.05) is 0 Å². The third kappa shape index (κ3) is 2.45. The van der Waals surface area contributed by atoms with Crippen molar-refractivity contribution < 1.29 is 4.74 Å². The zero-order valence-corrected chi connectivity index (χ0v) is 8.49. The molecule has 0 aromatic carbocycles. The maximum absolute atomic E-state index is 5.76. The van der Waals surface area contributed by atoms with Gasteiger partial charge in [-0.05, 0) is 37.9 Å². The van der Waals surface area contributed by atoms with Crippen molar-refractivity contribution in [2.75, 3.05) is 13.1 Å². The quantitative estimate of drug-likeness (QED) is 0.771. The highest BCUT2D eigenvalue weighted by Crippen LogP contribution is 2.13. The normalized spacial score (nSPS) is 21.9. The van der Waals surface area contributed by atoms with Gasteiger partial charge in [-0.25, -0.2) is 4.98 Å². The van der Waals surface area contributed by atoms with E-state index < -0.39 is 0 Å². The summed E-state index contributed by atoms with van der Waals surface area (Å²) in [5, 5.41) is 3.32. The van der Waals surface area contributed by atoms with E-state index in [2.05, 4.69) is 10.3 Å². The van der Waals surface area contributed by atoms with Gasteiger partial charge in [0.25, 0.3) is 0 Å². The van der Waals surface area contributed by atoms with Crippen molar-refractivity contribution in [2.45, 2.75) is 25.9 Å². The Labute approximate surface area is 84.5 Å². The Morgan fingerprint density at radius 1 is 1.57 bits per heavy atom.